The number of hydrogen-bond donors (Lipinski definition) is 4. The standard InChI is InChI=1S/C18H16S.C8H15N3O3/c1-14-12-13-17(19-14)18(15-8-4-2-5-9-15)16-10-6-3-7-11-16;1-6(9)10-4-2-3-7(8(13)14)11-5-12/h2-13,18H,1H3;5,7,10H,1-4,9H2,(H,11,12)(H,13,14). The third kappa shape index (κ3) is 8.82. The van der Waals surface area contributed by atoms with Crippen LogP contribution in [0.4, 0.5) is 0 Å². The topological polar surface area (TPSA) is 104 Å². The summed E-state index contributed by atoms with van der Waals surface area (Å²) in [6.07, 6.45) is 1.33. The molecule has 3 aromatic rings. The summed E-state index contributed by atoms with van der Waals surface area (Å²) in [5.41, 5.74) is 7.95. The third-order valence-corrected chi connectivity index (χ3v) is 5.97. The van der Waals surface area contributed by atoms with Gasteiger partial charge in [0, 0.05) is 22.2 Å². The van der Waals surface area contributed by atoms with Gasteiger partial charge in [0.25, 0.3) is 0 Å². The van der Waals surface area contributed by atoms with Crippen molar-refractivity contribution in [1.82, 2.24) is 10.6 Å². The molecule has 1 amide bonds. The Labute approximate surface area is 199 Å². The molecule has 1 aromatic heterocycles. The van der Waals surface area contributed by atoms with Crippen LogP contribution in [0.1, 0.15) is 39.6 Å². The first kappa shape index (κ1) is 25.7. The summed E-state index contributed by atoms with van der Waals surface area (Å²) >= 11 is 1.89. The van der Waals surface area contributed by atoms with Gasteiger partial charge in [0.15, 0.2) is 0 Å². The zero-order valence-electron chi connectivity index (χ0n) is 18.7. The molecule has 1 unspecified atom stereocenters. The highest BCUT2D eigenvalue weighted by atomic mass is 32.1. The van der Waals surface area contributed by atoms with Crippen LogP contribution in [0.5, 0.6) is 0 Å². The van der Waals surface area contributed by atoms with E-state index in [0.717, 1.165) is 0 Å². The summed E-state index contributed by atoms with van der Waals surface area (Å²) in [5, 5.41) is 13.6. The first-order chi connectivity index (χ1) is 15.9. The molecule has 0 fully saturated rings. The lowest BCUT2D eigenvalue weighted by molar-refractivity contribution is -0.140. The van der Waals surface area contributed by atoms with Gasteiger partial charge in [0.1, 0.15) is 6.04 Å². The van der Waals surface area contributed by atoms with Gasteiger partial charge in [0.2, 0.25) is 6.41 Å². The van der Waals surface area contributed by atoms with E-state index in [1.54, 1.807) is 0 Å². The lowest BCUT2D eigenvalue weighted by Crippen LogP contribution is -2.36. The normalized spacial score (nSPS) is 11.1. The second kappa shape index (κ2) is 13.8. The van der Waals surface area contributed by atoms with Gasteiger partial charge in [0.05, 0.1) is 5.82 Å². The highest BCUT2D eigenvalue weighted by Gasteiger charge is 2.17. The van der Waals surface area contributed by atoms with Crippen molar-refractivity contribution in [3.05, 3.63) is 106 Å². The molecule has 7 heteroatoms. The number of hydrogen-bond acceptors (Lipinski definition) is 5. The van der Waals surface area contributed by atoms with Gasteiger partial charge in [-0.1, -0.05) is 67.2 Å². The van der Waals surface area contributed by atoms with E-state index in [-0.39, 0.29) is 0 Å². The first-order valence-corrected chi connectivity index (χ1v) is 11.5. The Morgan fingerprint density at radius 1 is 1.06 bits per heavy atom. The maximum atomic E-state index is 10.5. The van der Waals surface area contributed by atoms with Crippen molar-refractivity contribution < 1.29 is 14.7 Å². The second-order valence-corrected chi connectivity index (χ2v) is 8.79. The summed E-state index contributed by atoms with van der Waals surface area (Å²) in [4.78, 5) is 23.3. The molecular weight excluding hydrogens is 434 g/mol. The monoisotopic (exact) mass is 465 g/mol. The molecule has 2 aromatic carbocycles. The van der Waals surface area contributed by atoms with E-state index in [2.05, 4.69) is 96.9 Å². The zero-order valence-corrected chi connectivity index (χ0v) is 19.6. The molecule has 174 valence electrons. The van der Waals surface area contributed by atoms with Gasteiger partial charge in [-0.2, -0.15) is 0 Å². The van der Waals surface area contributed by atoms with Crippen molar-refractivity contribution in [3.63, 3.8) is 0 Å². The Balaban J connectivity index is 0.000000248. The SMILES string of the molecule is C=C(N)NCCCC(NC=O)C(=O)O.Cc1ccc(C(c2ccccc2)c2ccccc2)s1. The number of nitrogens with two attached hydrogens (primary N) is 1. The van der Waals surface area contributed by atoms with Crippen molar-refractivity contribution in [3.8, 4) is 0 Å². The van der Waals surface area contributed by atoms with Gasteiger partial charge in [-0.05, 0) is 43.0 Å². The maximum Gasteiger partial charge on any atom is 0.326 e. The Kier molecular flexibility index (Phi) is 10.7. The molecule has 5 N–H and O–H groups in total. The van der Waals surface area contributed by atoms with E-state index in [0.29, 0.717) is 37.5 Å². The highest BCUT2D eigenvalue weighted by molar-refractivity contribution is 7.12. The number of rotatable bonds is 11. The van der Waals surface area contributed by atoms with Crippen LogP contribution >= 0.6 is 11.3 Å². The zero-order chi connectivity index (χ0) is 24.1. The average molecular weight is 466 g/mol. The Morgan fingerprint density at radius 2 is 1.64 bits per heavy atom. The van der Waals surface area contributed by atoms with E-state index in [9.17, 15) is 9.59 Å². The molecule has 33 heavy (non-hydrogen) atoms. The van der Waals surface area contributed by atoms with Crippen LogP contribution in [-0.4, -0.2) is 30.1 Å². The van der Waals surface area contributed by atoms with E-state index in [1.807, 2.05) is 11.3 Å². The summed E-state index contributed by atoms with van der Waals surface area (Å²) in [6, 6.07) is 25.1. The number of carbonyl (C=O) groups excluding carboxylic acids is 1. The van der Waals surface area contributed by atoms with E-state index in [1.165, 1.54) is 20.9 Å². The number of aryl methyl sites for hydroxylation is 1. The van der Waals surface area contributed by atoms with Gasteiger partial charge in [-0.15, -0.1) is 11.3 Å². The molecular formula is C26H31N3O3S. The largest absolute Gasteiger partial charge is 0.480 e. The molecule has 0 aliphatic carbocycles. The highest BCUT2D eigenvalue weighted by Crippen LogP contribution is 2.35. The van der Waals surface area contributed by atoms with Gasteiger partial charge in [-0.3, -0.25) is 4.79 Å². The summed E-state index contributed by atoms with van der Waals surface area (Å²) in [6.45, 7) is 6.13. The van der Waals surface area contributed by atoms with Crippen molar-refractivity contribution in [2.75, 3.05) is 6.54 Å². The molecule has 6 nitrogen and oxygen atoms in total. The average Bonchev–Trinajstić information content (AvgIpc) is 3.23. The van der Waals surface area contributed by atoms with Crippen LogP contribution in [0.15, 0.2) is 85.2 Å². The number of carboxylic acids is 1. The quantitative estimate of drug-likeness (QED) is 0.251. The van der Waals surface area contributed by atoms with Crippen LogP contribution in [0.2, 0.25) is 0 Å². The lowest BCUT2D eigenvalue weighted by Gasteiger charge is -2.16. The van der Waals surface area contributed by atoms with Crippen molar-refractivity contribution in [2.45, 2.75) is 31.7 Å². The minimum absolute atomic E-state index is 0.347. The minimum atomic E-state index is -1.04. The summed E-state index contributed by atoms with van der Waals surface area (Å²) in [5.74, 6) is -0.343. The van der Waals surface area contributed by atoms with E-state index in [4.69, 9.17) is 10.8 Å². The van der Waals surface area contributed by atoms with Gasteiger partial charge < -0.3 is 21.5 Å². The Hall–Kier alpha value is -3.58. The number of amides is 1. The Morgan fingerprint density at radius 3 is 2.06 bits per heavy atom. The number of carboxylic acid groups (broad SMARTS) is 1. The predicted molar refractivity (Wildman–Crippen MR) is 134 cm³/mol. The van der Waals surface area contributed by atoms with Crippen LogP contribution in [0.3, 0.4) is 0 Å². The van der Waals surface area contributed by atoms with Crippen LogP contribution in [0, 0.1) is 6.92 Å². The fraction of sp³-hybridized carbons (Fsp3) is 0.231. The number of nitrogens with one attached hydrogen (secondary N) is 2. The molecule has 0 aliphatic rings. The fourth-order valence-corrected chi connectivity index (χ4v) is 4.37. The molecule has 1 atom stereocenters. The molecule has 3 rings (SSSR count). The van der Waals surface area contributed by atoms with Crippen LogP contribution in [0.25, 0.3) is 0 Å². The molecule has 0 spiro atoms. The number of thiophene rings is 1. The third-order valence-electron chi connectivity index (χ3n) is 4.90. The van der Waals surface area contributed by atoms with E-state index >= 15 is 0 Å². The molecule has 0 saturated heterocycles. The first-order valence-electron chi connectivity index (χ1n) is 10.7. The van der Waals surface area contributed by atoms with Crippen LogP contribution in [-0.2, 0) is 9.59 Å². The lowest BCUT2D eigenvalue weighted by atomic mass is 9.90. The summed E-state index contributed by atoms with van der Waals surface area (Å²) in [7, 11) is 0. The van der Waals surface area contributed by atoms with Crippen molar-refractivity contribution in [1.29, 1.82) is 0 Å². The second-order valence-electron chi connectivity index (χ2n) is 7.47. The fourth-order valence-electron chi connectivity index (χ4n) is 3.34. The van der Waals surface area contributed by atoms with Crippen molar-refractivity contribution >= 4 is 23.7 Å². The molecule has 1 heterocycles. The van der Waals surface area contributed by atoms with Gasteiger partial charge >= 0.3 is 5.97 Å². The molecule has 0 aliphatic heterocycles. The Bertz CT molecular complexity index is 966. The number of benzene rings is 2. The van der Waals surface area contributed by atoms with E-state index < -0.39 is 12.0 Å². The molecule has 0 saturated carbocycles. The van der Waals surface area contributed by atoms with Gasteiger partial charge in [-0.25, -0.2) is 4.79 Å². The minimum Gasteiger partial charge on any atom is -0.480 e. The number of carbonyl (C=O) groups is 2. The molecule has 0 radical (unpaired) electrons. The van der Waals surface area contributed by atoms with Crippen molar-refractivity contribution in [2.24, 2.45) is 5.73 Å². The maximum absolute atomic E-state index is 10.5. The van der Waals surface area contributed by atoms with Crippen LogP contribution < -0.4 is 16.4 Å². The predicted octanol–water partition coefficient (Wildman–Crippen LogP) is 4.22. The summed E-state index contributed by atoms with van der Waals surface area (Å²) < 4.78 is 0. The molecule has 0 bridgehead atoms. The number of aliphatic carboxylic acids is 1. The smallest absolute Gasteiger partial charge is 0.326 e.